The molecule has 0 saturated heterocycles. The molecule has 0 heterocycles. The van der Waals surface area contributed by atoms with Gasteiger partial charge in [0.2, 0.25) is 5.91 Å². The van der Waals surface area contributed by atoms with Crippen LogP contribution in [0.3, 0.4) is 0 Å². The average molecular weight is 200 g/mol. The van der Waals surface area contributed by atoms with Crippen molar-refractivity contribution in [2.75, 3.05) is 0 Å². The summed E-state index contributed by atoms with van der Waals surface area (Å²) in [5.41, 5.74) is 2.32. The van der Waals surface area contributed by atoms with E-state index in [1.54, 1.807) is 6.92 Å². The highest BCUT2D eigenvalue weighted by Crippen LogP contribution is 2.17. The van der Waals surface area contributed by atoms with Crippen molar-refractivity contribution in [3.05, 3.63) is 35.4 Å². The number of hydrogen-bond acceptors (Lipinski definition) is 2. The van der Waals surface area contributed by atoms with Crippen molar-refractivity contribution in [1.29, 1.82) is 0 Å². The molecule has 0 radical (unpaired) electrons. The second kappa shape index (κ2) is 4.15. The SMILES string of the molecule is CC(C(=O)NN)c1ccc(F)c(F)c1. The highest BCUT2D eigenvalue weighted by atomic mass is 19.2. The molecule has 0 fully saturated rings. The lowest BCUT2D eigenvalue weighted by Crippen LogP contribution is -2.33. The minimum atomic E-state index is -0.973. The van der Waals surface area contributed by atoms with Gasteiger partial charge < -0.3 is 0 Å². The largest absolute Gasteiger partial charge is 0.294 e. The second-order valence-corrected chi connectivity index (χ2v) is 2.90. The summed E-state index contributed by atoms with van der Waals surface area (Å²) in [5, 5.41) is 0. The van der Waals surface area contributed by atoms with Crippen molar-refractivity contribution < 1.29 is 13.6 Å². The molecule has 14 heavy (non-hydrogen) atoms. The molecule has 0 aliphatic heterocycles. The van der Waals surface area contributed by atoms with Crippen molar-refractivity contribution >= 4 is 5.91 Å². The lowest BCUT2D eigenvalue weighted by molar-refractivity contribution is -0.122. The van der Waals surface area contributed by atoms with Crippen LogP contribution in [0.1, 0.15) is 18.4 Å². The fourth-order valence-corrected chi connectivity index (χ4v) is 1.06. The lowest BCUT2D eigenvalue weighted by atomic mass is 10.0. The Morgan fingerprint density at radius 3 is 2.57 bits per heavy atom. The van der Waals surface area contributed by atoms with Gasteiger partial charge >= 0.3 is 0 Å². The minimum absolute atomic E-state index is 0.381. The van der Waals surface area contributed by atoms with Crippen LogP contribution in [-0.2, 0) is 4.79 Å². The molecule has 0 bridgehead atoms. The first-order valence-electron chi connectivity index (χ1n) is 4.01. The van der Waals surface area contributed by atoms with Crippen LogP contribution in [0.25, 0.3) is 0 Å². The van der Waals surface area contributed by atoms with Gasteiger partial charge in [-0.25, -0.2) is 14.6 Å². The third kappa shape index (κ3) is 2.05. The van der Waals surface area contributed by atoms with E-state index in [-0.39, 0.29) is 0 Å². The van der Waals surface area contributed by atoms with Gasteiger partial charge in [-0.1, -0.05) is 6.07 Å². The van der Waals surface area contributed by atoms with Gasteiger partial charge in [-0.3, -0.25) is 10.2 Å². The number of carbonyl (C=O) groups excluding carboxylic acids is 1. The zero-order chi connectivity index (χ0) is 10.7. The van der Waals surface area contributed by atoms with Crippen LogP contribution < -0.4 is 11.3 Å². The summed E-state index contributed by atoms with van der Waals surface area (Å²) < 4.78 is 25.3. The first-order valence-corrected chi connectivity index (χ1v) is 4.01. The fraction of sp³-hybridized carbons (Fsp3) is 0.222. The Morgan fingerprint density at radius 1 is 1.43 bits per heavy atom. The van der Waals surface area contributed by atoms with Crippen LogP contribution in [0.2, 0.25) is 0 Å². The Hall–Kier alpha value is -1.49. The van der Waals surface area contributed by atoms with E-state index in [0.29, 0.717) is 5.56 Å². The molecule has 0 aliphatic rings. The number of amides is 1. The maximum atomic E-state index is 12.8. The summed E-state index contributed by atoms with van der Waals surface area (Å²) in [6.45, 7) is 1.55. The Labute approximate surface area is 79.9 Å². The number of nitrogens with two attached hydrogens (primary N) is 1. The number of halogens is 2. The van der Waals surface area contributed by atoms with Gasteiger partial charge in [-0.05, 0) is 24.6 Å². The normalized spacial score (nSPS) is 12.3. The zero-order valence-electron chi connectivity index (χ0n) is 7.55. The minimum Gasteiger partial charge on any atom is -0.294 e. The highest BCUT2D eigenvalue weighted by Gasteiger charge is 2.15. The van der Waals surface area contributed by atoms with E-state index < -0.39 is 23.5 Å². The Balaban J connectivity index is 2.96. The molecule has 1 rings (SSSR count). The average Bonchev–Trinajstić information content (AvgIpc) is 2.20. The van der Waals surface area contributed by atoms with Crippen molar-refractivity contribution in [1.82, 2.24) is 5.43 Å². The number of carbonyl (C=O) groups is 1. The number of hydrazine groups is 1. The molecular formula is C9H10F2N2O. The fourth-order valence-electron chi connectivity index (χ4n) is 1.06. The molecule has 76 valence electrons. The molecular weight excluding hydrogens is 190 g/mol. The molecule has 0 spiro atoms. The number of hydrogen-bond donors (Lipinski definition) is 2. The smallest absolute Gasteiger partial charge is 0.241 e. The molecule has 3 N–H and O–H groups in total. The maximum absolute atomic E-state index is 12.8. The van der Waals surface area contributed by atoms with Crippen molar-refractivity contribution in [2.24, 2.45) is 5.84 Å². The summed E-state index contributed by atoms with van der Waals surface area (Å²) in [7, 11) is 0. The number of nitrogens with one attached hydrogen (secondary N) is 1. The monoisotopic (exact) mass is 200 g/mol. The van der Waals surface area contributed by atoms with Crippen LogP contribution in [0.4, 0.5) is 8.78 Å². The van der Waals surface area contributed by atoms with Gasteiger partial charge in [0, 0.05) is 0 Å². The summed E-state index contributed by atoms with van der Waals surface area (Å²) in [6, 6.07) is 3.30. The molecule has 1 aromatic carbocycles. The third-order valence-electron chi connectivity index (χ3n) is 1.98. The van der Waals surface area contributed by atoms with E-state index in [9.17, 15) is 13.6 Å². The molecule has 0 aromatic heterocycles. The molecule has 0 aliphatic carbocycles. The molecule has 1 atom stereocenters. The third-order valence-corrected chi connectivity index (χ3v) is 1.98. The van der Waals surface area contributed by atoms with E-state index in [4.69, 9.17) is 5.84 Å². The van der Waals surface area contributed by atoms with E-state index in [0.717, 1.165) is 12.1 Å². The van der Waals surface area contributed by atoms with Gasteiger partial charge in [-0.2, -0.15) is 0 Å². The lowest BCUT2D eigenvalue weighted by Gasteiger charge is -2.09. The first-order chi connectivity index (χ1) is 6.56. The van der Waals surface area contributed by atoms with Crippen molar-refractivity contribution in [3.8, 4) is 0 Å². The van der Waals surface area contributed by atoms with Gasteiger partial charge in [0.25, 0.3) is 0 Å². The molecule has 0 saturated carbocycles. The Bertz CT molecular complexity index is 355. The summed E-state index contributed by atoms with van der Waals surface area (Å²) >= 11 is 0. The van der Waals surface area contributed by atoms with E-state index >= 15 is 0 Å². The summed E-state index contributed by atoms with van der Waals surface area (Å²) in [4.78, 5) is 11.1. The van der Waals surface area contributed by atoms with Crippen LogP contribution >= 0.6 is 0 Å². The molecule has 5 heteroatoms. The van der Waals surface area contributed by atoms with E-state index in [1.165, 1.54) is 6.07 Å². The topological polar surface area (TPSA) is 55.1 Å². The second-order valence-electron chi connectivity index (χ2n) is 2.90. The molecule has 1 amide bonds. The van der Waals surface area contributed by atoms with E-state index in [2.05, 4.69) is 0 Å². The van der Waals surface area contributed by atoms with Crippen LogP contribution in [0.15, 0.2) is 18.2 Å². The van der Waals surface area contributed by atoms with Gasteiger partial charge in [0.1, 0.15) is 0 Å². The van der Waals surface area contributed by atoms with Crippen molar-refractivity contribution in [3.63, 3.8) is 0 Å². The summed E-state index contributed by atoms with van der Waals surface area (Å²) in [5.74, 6) is 1.95. The predicted octanol–water partition coefficient (Wildman–Crippen LogP) is 1.06. The standard InChI is InChI=1S/C9H10F2N2O/c1-5(9(14)13-12)6-2-3-7(10)8(11)4-6/h2-5H,12H2,1H3,(H,13,14). The molecule has 3 nitrogen and oxygen atoms in total. The van der Waals surface area contributed by atoms with Gasteiger partial charge in [-0.15, -0.1) is 0 Å². The molecule has 1 aromatic rings. The van der Waals surface area contributed by atoms with Gasteiger partial charge in [0.15, 0.2) is 11.6 Å². The van der Waals surface area contributed by atoms with Crippen LogP contribution in [0, 0.1) is 11.6 Å². The summed E-state index contributed by atoms with van der Waals surface area (Å²) in [6.07, 6.45) is 0. The number of benzene rings is 1. The van der Waals surface area contributed by atoms with Crippen LogP contribution in [0.5, 0.6) is 0 Å². The number of rotatable bonds is 2. The Morgan fingerprint density at radius 2 is 2.07 bits per heavy atom. The maximum Gasteiger partial charge on any atom is 0.241 e. The van der Waals surface area contributed by atoms with Gasteiger partial charge in [0.05, 0.1) is 5.92 Å². The van der Waals surface area contributed by atoms with Crippen molar-refractivity contribution in [2.45, 2.75) is 12.8 Å². The zero-order valence-corrected chi connectivity index (χ0v) is 7.55. The Kier molecular flexibility index (Phi) is 3.14. The predicted molar refractivity (Wildman–Crippen MR) is 47.1 cm³/mol. The molecule has 1 unspecified atom stereocenters. The van der Waals surface area contributed by atoms with E-state index in [1.807, 2.05) is 5.43 Å². The highest BCUT2D eigenvalue weighted by molar-refractivity contribution is 5.82. The van der Waals surface area contributed by atoms with Crippen LogP contribution in [-0.4, -0.2) is 5.91 Å². The first kappa shape index (κ1) is 10.6. The quantitative estimate of drug-likeness (QED) is 0.426.